The summed E-state index contributed by atoms with van der Waals surface area (Å²) in [7, 11) is -1.38. The van der Waals surface area contributed by atoms with E-state index in [1.165, 1.54) is 116 Å². The fourth-order valence-corrected chi connectivity index (χ4v) is 5.42. The molecule has 0 fully saturated rings. The normalized spacial score (nSPS) is 12.0. The van der Waals surface area contributed by atoms with Gasteiger partial charge in [0.2, 0.25) is 0 Å². The summed E-state index contributed by atoms with van der Waals surface area (Å²) in [5, 5.41) is 0. The van der Waals surface area contributed by atoms with Crippen LogP contribution >= 0.6 is 0 Å². The molecule has 1 nitrogen and oxygen atoms in total. The second-order valence-corrected chi connectivity index (χ2v) is 13.1. The Balaban J connectivity index is 3.84. The van der Waals surface area contributed by atoms with Gasteiger partial charge in [-0.25, -0.2) is 0 Å². The summed E-state index contributed by atoms with van der Waals surface area (Å²) in [5.74, 6) is 0. The van der Waals surface area contributed by atoms with E-state index in [2.05, 4.69) is 43.8 Å². The maximum Gasteiger partial charge on any atom is 0.146 e. The maximum atomic E-state index is 4.15. The molecule has 0 aliphatic rings. The van der Waals surface area contributed by atoms with Crippen molar-refractivity contribution in [2.24, 2.45) is 0 Å². The van der Waals surface area contributed by atoms with E-state index in [1.807, 2.05) is 0 Å². The third-order valence-corrected chi connectivity index (χ3v) is 8.95. The van der Waals surface area contributed by atoms with Crippen LogP contribution in [0, 0.1) is 0 Å². The molecule has 26 heavy (non-hydrogen) atoms. The highest BCUT2D eigenvalue weighted by Gasteiger charge is 2.24. The number of unbranched alkanes of at least 4 members (excludes halogenated alkanes) is 14. The monoisotopic (exact) mass is 381 g/mol. The average Bonchev–Trinajstić information content (AvgIpc) is 2.64. The van der Waals surface area contributed by atoms with Crippen LogP contribution in [-0.2, 0) is 0 Å². The largest absolute Gasteiger partial charge is 0.321 e. The van der Waals surface area contributed by atoms with Crippen LogP contribution < -0.4 is 0 Å². The van der Waals surface area contributed by atoms with Crippen LogP contribution in [0.15, 0.2) is 12.3 Å². The van der Waals surface area contributed by atoms with Crippen LogP contribution in [0.25, 0.3) is 0 Å². The fraction of sp³-hybridized carbons (Fsp3) is 0.917. The predicted octanol–water partition coefficient (Wildman–Crippen LogP) is 8.50. The van der Waals surface area contributed by atoms with Crippen LogP contribution in [0.4, 0.5) is 0 Å². The fourth-order valence-electron chi connectivity index (χ4n) is 3.69. The first-order chi connectivity index (χ1) is 12.6. The highest BCUT2D eigenvalue weighted by molar-refractivity contribution is 6.79. The van der Waals surface area contributed by atoms with E-state index in [9.17, 15) is 0 Å². The molecule has 0 saturated carbocycles. The Hall–Kier alpha value is -0.0831. The Morgan fingerprint density at radius 3 is 1.19 bits per heavy atom. The first-order valence-corrected chi connectivity index (χ1v) is 15.0. The lowest BCUT2D eigenvalue weighted by Crippen LogP contribution is -2.48. The number of nitrogens with zero attached hydrogens (tertiary/aromatic N) is 1. The van der Waals surface area contributed by atoms with Crippen molar-refractivity contribution < 1.29 is 0 Å². The van der Waals surface area contributed by atoms with Gasteiger partial charge in [-0.15, -0.1) is 6.58 Å². The van der Waals surface area contributed by atoms with Gasteiger partial charge in [0.25, 0.3) is 0 Å². The van der Waals surface area contributed by atoms with Crippen molar-refractivity contribution >= 4 is 8.24 Å². The van der Waals surface area contributed by atoms with Gasteiger partial charge in [0.15, 0.2) is 0 Å². The Labute approximate surface area is 168 Å². The van der Waals surface area contributed by atoms with Crippen molar-refractivity contribution in [3.8, 4) is 0 Å². The van der Waals surface area contributed by atoms with Crippen molar-refractivity contribution in [3.05, 3.63) is 12.3 Å². The van der Waals surface area contributed by atoms with Gasteiger partial charge in [-0.2, -0.15) is 0 Å². The minimum atomic E-state index is -1.38. The summed E-state index contributed by atoms with van der Waals surface area (Å²) in [4.78, 5) is 0. The highest BCUT2D eigenvalue weighted by Crippen LogP contribution is 2.16. The summed E-state index contributed by atoms with van der Waals surface area (Å²) in [5.41, 5.74) is 2.28. The van der Waals surface area contributed by atoms with E-state index in [0.29, 0.717) is 0 Å². The summed E-state index contributed by atoms with van der Waals surface area (Å²) < 4.78 is 2.81. The molecule has 0 unspecified atom stereocenters. The second-order valence-electron chi connectivity index (χ2n) is 8.79. The lowest BCUT2D eigenvalue weighted by atomic mass is 10.1. The Morgan fingerprint density at radius 2 is 0.885 bits per heavy atom. The minimum Gasteiger partial charge on any atom is -0.321 e. The molecule has 156 valence electrons. The van der Waals surface area contributed by atoms with Crippen LogP contribution in [-0.4, -0.2) is 25.9 Å². The van der Waals surface area contributed by atoms with Gasteiger partial charge in [0.05, 0.1) is 0 Å². The highest BCUT2D eigenvalue weighted by atomic mass is 28.3. The predicted molar refractivity (Wildman–Crippen MR) is 124 cm³/mol. The molecule has 0 amide bonds. The van der Waals surface area contributed by atoms with Crippen molar-refractivity contribution in [3.63, 3.8) is 0 Å². The molecule has 0 atom stereocenters. The molecule has 0 aromatic heterocycles. The van der Waals surface area contributed by atoms with E-state index in [4.69, 9.17) is 0 Å². The van der Waals surface area contributed by atoms with Gasteiger partial charge in [0, 0.05) is 0 Å². The Bertz CT molecular complexity index is 281. The lowest BCUT2D eigenvalue weighted by molar-refractivity contribution is 0.389. The second kappa shape index (κ2) is 18.3. The zero-order valence-corrected chi connectivity index (χ0v) is 20.0. The van der Waals surface area contributed by atoms with Gasteiger partial charge < -0.3 is 4.57 Å². The SMILES string of the molecule is C=C[Si](C)(C)N(CCCCCCCCCC)CCCCCCCCCC. The first-order valence-electron chi connectivity index (χ1n) is 12.0. The van der Waals surface area contributed by atoms with Gasteiger partial charge >= 0.3 is 0 Å². The first kappa shape index (κ1) is 25.9. The Morgan fingerprint density at radius 1 is 0.577 bits per heavy atom. The molecule has 0 spiro atoms. The maximum absolute atomic E-state index is 4.15. The van der Waals surface area contributed by atoms with Crippen LogP contribution in [0.2, 0.25) is 13.1 Å². The molecule has 0 N–H and O–H groups in total. The van der Waals surface area contributed by atoms with Crippen molar-refractivity contribution in [2.75, 3.05) is 13.1 Å². The van der Waals surface area contributed by atoms with E-state index >= 15 is 0 Å². The van der Waals surface area contributed by atoms with Crippen LogP contribution in [0.1, 0.15) is 117 Å². The molecule has 0 aromatic rings. The summed E-state index contributed by atoms with van der Waals surface area (Å²) in [6, 6.07) is 0. The topological polar surface area (TPSA) is 3.24 Å². The van der Waals surface area contributed by atoms with Gasteiger partial charge in [-0.3, -0.25) is 0 Å². The van der Waals surface area contributed by atoms with E-state index in [-0.39, 0.29) is 0 Å². The van der Waals surface area contributed by atoms with E-state index in [0.717, 1.165) is 0 Å². The Kier molecular flexibility index (Phi) is 18.2. The van der Waals surface area contributed by atoms with E-state index < -0.39 is 8.24 Å². The van der Waals surface area contributed by atoms with Crippen molar-refractivity contribution in [1.29, 1.82) is 0 Å². The molecule has 0 heterocycles. The van der Waals surface area contributed by atoms with Crippen LogP contribution in [0.3, 0.4) is 0 Å². The molecule has 0 aromatic carbocycles. The van der Waals surface area contributed by atoms with Gasteiger partial charge in [-0.05, 0) is 25.9 Å². The standard InChI is InChI=1S/C24H51NSi/c1-6-9-11-13-15-17-19-21-23-25(26(4,5)8-3)24-22-20-18-16-14-12-10-7-2/h8H,3,6-7,9-24H2,1-2,4-5H3. The zero-order valence-electron chi connectivity index (χ0n) is 19.0. The molecule has 0 aliphatic carbocycles. The number of hydrogen-bond donors (Lipinski definition) is 0. The molecule has 0 rings (SSSR count). The molecule has 0 saturated heterocycles. The quantitative estimate of drug-likeness (QED) is 0.151. The van der Waals surface area contributed by atoms with E-state index in [1.54, 1.807) is 0 Å². The van der Waals surface area contributed by atoms with Crippen molar-refractivity contribution in [1.82, 2.24) is 4.57 Å². The summed E-state index contributed by atoms with van der Waals surface area (Å²) in [6.45, 7) is 16.3. The molecular formula is C24H51NSi. The number of hydrogen-bond acceptors (Lipinski definition) is 1. The van der Waals surface area contributed by atoms with Gasteiger partial charge in [-0.1, -0.05) is 123 Å². The molecular weight excluding hydrogens is 330 g/mol. The number of rotatable bonds is 20. The van der Waals surface area contributed by atoms with Crippen molar-refractivity contribution in [2.45, 2.75) is 130 Å². The van der Waals surface area contributed by atoms with Gasteiger partial charge in [0.1, 0.15) is 8.24 Å². The third-order valence-electron chi connectivity index (χ3n) is 5.88. The molecule has 0 aliphatic heterocycles. The summed E-state index contributed by atoms with van der Waals surface area (Å²) in [6.07, 6.45) is 22.7. The lowest BCUT2D eigenvalue weighted by Gasteiger charge is -2.34. The smallest absolute Gasteiger partial charge is 0.146 e. The average molecular weight is 382 g/mol. The summed E-state index contributed by atoms with van der Waals surface area (Å²) >= 11 is 0. The molecule has 2 heteroatoms. The molecule has 0 radical (unpaired) electrons. The van der Waals surface area contributed by atoms with Crippen LogP contribution in [0.5, 0.6) is 0 Å². The molecule has 0 bridgehead atoms. The third kappa shape index (κ3) is 15.0. The minimum absolute atomic E-state index is 1.30. The zero-order chi connectivity index (χ0) is 19.5.